The van der Waals surface area contributed by atoms with Gasteiger partial charge in [-0.25, -0.2) is 0 Å². The van der Waals surface area contributed by atoms with Gasteiger partial charge in [0.15, 0.2) is 0 Å². The highest BCUT2D eigenvalue weighted by atomic mass is 32.2. The van der Waals surface area contributed by atoms with E-state index in [0.29, 0.717) is 0 Å². The van der Waals surface area contributed by atoms with Crippen LogP contribution in [0.4, 0.5) is 5.69 Å². The lowest BCUT2D eigenvalue weighted by atomic mass is 9.98. The van der Waals surface area contributed by atoms with E-state index in [1.807, 2.05) is 12.3 Å². The Bertz CT molecular complexity index is 428. The van der Waals surface area contributed by atoms with E-state index < -0.39 is 0 Å². The molecule has 0 unspecified atom stereocenters. The first kappa shape index (κ1) is 12.3. The number of rotatable bonds is 2. The normalized spacial score (nSPS) is 16.9. The Morgan fingerprint density at radius 3 is 2.65 bits per heavy atom. The quantitative estimate of drug-likeness (QED) is 0.747. The molecule has 0 spiro atoms. The maximum Gasteiger partial charge on any atom is 0.103 e. The van der Waals surface area contributed by atoms with E-state index in [0.717, 1.165) is 35.2 Å². The van der Waals surface area contributed by atoms with E-state index >= 15 is 0 Å². The number of nitriles is 1. The molecule has 0 aromatic heterocycles. The number of thioether (sulfide) groups is 1. The van der Waals surface area contributed by atoms with E-state index in [9.17, 15) is 5.26 Å². The van der Waals surface area contributed by atoms with Gasteiger partial charge in [-0.05, 0) is 37.1 Å². The molecule has 1 aliphatic heterocycles. The third-order valence-electron chi connectivity index (χ3n) is 3.46. The minimum Gasteiger partial charge on any atom is -0.370 e. The van der Waals surface area contributed by atoms with Crippen LogP contribution < -0.4 is 4.90 Å². The van der Waals surface area contributed by atoms with Crippen molar-refractivity contribution >= 4 is 17.4 Å². The van der Waals surface area contributed by atoms with Crippen LogP contribution in [0.15, 0.2) is 23.1 Å². The summed E-state index contributed by atoms with van der Waals surface area (Å²) in [5, 5.41) is 9.32. The average Bonchev–Trinajstić information content (AvgIpc) is 2.38. The first-order chi connectivity index (χ1) is 8.26. The van der Waals surface area contributed by atoms with E-state index in [1.165, 1.54) is 12.8 Å². The van der Waals surface area contributed by atoms with Crippen LogP contribution in [0.2, 0.25) is 0 Å². The van der Waals surface area contributed by atoms with E-state index in [-0.39, 0.29) is 0 Å². The molecule has 0 amide bonds. The fourth-order valence-electron chi connectivity index (χ4n) is 2.32. The molecule has 1 fully saturated rings. The number of piperidine rings is 1. The molecule has 0 N–H and O–H groups in total. The lowest BCUT2D eigenvalue weighted by molar-refractivity contribution is 0.438. The third-order valence-corrected chi connectivity index (χ3v) is 4.24. The fraction of sp³-hybridized carbons (Fsp3) is 0.500. The maximum atomic E-state index is 9.32. The van der Waals surface area contributed by atoms with E-state index in [1.54, 1.807) is 11.8 Å². The standard InChI is InChI=1S/C14H18N2S/c1-11-6-8-16(9-7-11)13-4-3-5-14(17-2)12(13)10-15/h3-5,11H,6-9H2,1-2H3. The first-order valence-electron chi connectivity index (χ1n) is 6.08. The summed E-state index contributed by atoms with van der Waals surface area (Å²) in [6.07, 6.45) is 4.49. The van der Waals surface area contributed by atoms with Gasteiger partial charge in [0.25, 0.3) is 0 Å². The molecule has 3 heteroatoms. The zero-order valence-electron chi connectivity index (χ0n) is 10.4. The number of benzene rings is 1. The Morgan fingerprint density at radius 1 is 1.35 bits per heavy atom. The van der Waals surface area contributed by atoms with Gasteiger partial charge >= 0.3 is 0 Å². The Kier molecular flexibility index (Phi) is 3.96. The first-order valence-corrected chi connectivity index (χ1v) is 7.30. The van der Waals surface area contributed by atoms with Gasteiger partial charge < -0.3 is 4.90 Å². The molecule has 17 heavy (non-hydrogen) atoms. The molecule has 0 atom stereocenters. The van der Waals surface area contributed by atoms with Crippen LogP contribution in [0.5, 0.6) is 0 Å². The lowest BCUT2D eigenvalue weighted by Crippen LogP contribution is -2.33. The summed E-state index contributed by atoms with van der Waals surface area (Å²) < 4.78 is 0. The van der Waals surface area contributed by atoms with Crippen LogP contribution >= 0.6 is 11.8 Å². The molecule has 0 bridgehead atoms. The zero-order chi connectivity index (χ0) is 12.3. The van der Waals surface area contributed by atoms with Crippen molar-refractivity contribution in [1.82, 2.24) is 0 Å². The van der Waals surface area contributed by atoms with Gasteiger partial charge in [0, 0.05) is 18.0 Å². The molecule has 1 saturated heterocycles. The van der Waals surface area contributed by atoms with E-state index in [2.05, 4.69) is 30.0 Å². The van der Waals surface area contributed by atoms with Crippen molar-refractivity contribution in [2.75, 3.05) is 24.2 Å². The Balaban J connectivity index is 2.29. The second-order valence-corrected chi connectivity index (χ2v) is 5.48. The van der Waals surface area contributed by atoms with E-state index in [4.69, 9.17) is 0 Å². The molecule has 2 rings (SSSR count). The highest BCUT2D eigenvalue weighted by molar-refractivity contribution is 7.98. The molecule has 0 radical (unpaired) electrons. The molecule has 0 aliphatic carbocycles. The van der Waals surface area contributed by atoms with Crippen molar-refractivity contribution in [3.8, 4) is 6.07 Å². The molecule has 1 aliphatic rings. The third kappa shape index (κ3) is 2.58. The second-order valence-electron chi connectivity index (χ2n) is 4.64. The summed E-state index contributed by atoms with van der Waals surface area (Å²) in [7, 11) is 0. The summed E-state index contributed by atoms with van der Waals surface area (Å²) in [5.41, 5.74) is 1.96. The van der Waals surface area contributed by atoms with Gasteiger partial charge in [-0.2, -0.15) is 5.26 Å². The van der Waals surface area contributed by atoms with Crippen LogP contribution in [-0.4, -0.2) is 19.3 Å². The van der Waals surface area contributed by atoms with Gasteiger partial charge in [0.1, 0.15) is 6.07 Å². The predicted molar refractivity (Wildman–Crippen MR) is 73.5 cm³/mol. The molecular weight excluding hydrogens is 228 g/mol. The Morgan fingerprint density at radius 2 is 2.06 bits per heavy atom. The van der Waals surface area contributed by atoms with Crippen LogP contribution in [0.3, 0.4) is 0 Å². The topological polar surface area (TPSA) is 27.0 Å². The minimum atomic E-state index is 0.820. The molecule has 1 aromatic rings. The second kappa shape index (κ2) is 5.46. The highest BCUT2D eigenvalue weighted by Crippen LogP contribution is 2.31. The number of hydrogen-bond acceptors (Lipinski definition) is 3. The monoisotopic (exact) mass is 246 g/mol. The van der Waals surface area contributed by atoms with Crippen LogP contribution in [0, 0.1) is 17.2 Å². The SMILES string of the molecule is CSc1cccc(N2CCC(C)CC2)c1C#N. The molecule has 90 valence electrons. The molecule has 2 nitrogen and oxygen atoms in total. The van der Waals surface area contributed by atoms with Gasteiger partial charge in [0.05, 0.1) is 11.3 Å². The van der Waals surface area contributed by atoms with Crippen molar-refractivity contribution in [2.45, 2.75) is 24.7 Å². The fourth-order valence-corrected chi connectivity index (χ4v) is 2.88. The highest BCUT2D eigenvalue weighted by Gasteiger charge is 2.19. The molecule has 1 heterocycles. The summed E-state index contributed by atoms with van der Waals surface area (Å²) in [4.78, 5) is 3.45. The van der Waals surface area contributed by atoms with Crippen molar-refractivity contribution < 1.29 is 0 Å². The van der Waals surface area contributed by atoms with Gasteiger partial charge in [-0.15, -0.1) is 11.8 Å². The zero-order valence-corrected chi connectivity index (χ0v) is 11.3. The summed E-state index contributed by atoms with van der Waals surface area (Å²) in [6, 6.07) is 8.52. The number of hydrogen-bond donors (Lipinski definition) is 0. The summed E-state index contributed by atoms with van der Waals surface area (Å²) in [6.45, 7) is 4.46. The smallest absolute Gasteiger partial charge is 0.103 e. The van der Waals surface area contributed by atoms with Gasteiger partial charge in [0.2, 0.25) is 0 Å². The number of nitrogens with zero attached hydrogens (tertiary/aromatic N) is 2. The van der Waals surface area contributed by atoms with Gasteiger partial charge in [-0.3, -0.25) is 0 Å². The molecule has 1 aromatic carbocycles. The number of anilines is 1. The summed E-state index contributed by atoms with van der Waals surface area (Å²) in [5.74, 6) is 0.820. The van der Waals surface area contributed by atoms with Crippen molar-refractivity contribution in [3.05, 3.63) is 23.8 Å². The van der Waals surface area contributed by atoms with Crippen LogP contribution in [0.25, 0.3) is 0 Å². The van der Waals surface area contributed by atoms with Crippen LogP contribution in [0.1, 0.15) is 25.3 Å². The average molecular weight is 246 g/mol. The Labute approximate surface area is 108 Å². The minimum absolute atomic E-state index is 0.820. The van der Waals surface area contributed by atoms with Crippen molar-refractivity contribution in [1.29, 1.82) is 5.26 Å². The summed E-state index contributed by atoms with van der Waals surface area (Å²) >= 11 is 1.65. The Hall–Kier alpha value is -1.14. The van der Waals surface area contributed by atoms with Gasteiger partial charge in [-0.1, -0.05) is 13.0 Å². The largest absolute Gasteiger partial charge is 0.370 e. The molecular formula is C14H18N2S. The predicted octanol–water partition coefficient (Wildman–Crippen LogP) is 3.52. The van der Waals surface area contributed by atoms with Crippen LogP contribution in [-0.2, 0) is 0 Å². The lowest BCUT2D eigenvalue weighted by Gasteiger charge is -2.33. The maximum absolute atomic E-state index is 9.32. The van der Waals surface area contributed by atoms with Crippen molar-refractivity contribution in [3.63, 3.8) is 0 Å². The molecule has 0 saturated carbocycles. The van der Waals surface area contributed by atoms with Crippen molar-refractivity contribution in [2.24, 2.45) is 5.92 Å².